The van der Waals surface area contributed by atoms with Gasteiger partial charge in [0.25, 0.3) is 5.91 Å². The van der Waals surface area contributed by atoms with Crippen LogP contribution in [0.2, 0.25) is 0 Å². The van der Waals surface area contributed by atoms with Gasteiger partial charge in [-0.05, 0) is 30.7 Å². The number of anilines is 1. The molecule has 184 valence electrons. The third-order valence-electron chi connectivity index (χ3n) is 5.52. The number of benzene rings is 2. The number of thiophene rings is 1. The van der Waals surface area contributed by atoms with Gasteiger partial charge >= 0.3 is 6.03 Å². The second kappa shape index (κ2) is 10.7. The summed E-state index contributed by atoms with van der Waals surface area (Å²) >= 11 is 1.20. The summed E-state index contributed by atoms with van der Waals surface area (Å²) in [6.45, 7) is 0.169. The first-order chi connectivity index (χ1) is 16.9. The number of ether oxygens (including phenoxy) is 2. The zero-order valence-electron chi connectivity index (χ0n) is 19.0. The second-order valence-corrected chi connectivity index (χ2v) is 8.57. The van der Waals surface area contributed by atoms with Crippen LogP contribution < -0.4 is 19.7 Å². The number of hydrogen-bond donors (Lipinski definition) is 2. The van der Waals surface area contributed by atoms with Gasteiger partial charge in [-0.2, -0.15) is 0 Å². The smallest absolute Gasteiger partial charge is 0.331 e. The molecule has 11 heteroatoms. The largest absolute Gasteiger partial charge is 0.493 e. The summed E-state index contributed by atoms with van der Waals surface area (Å²) in [7, 11) is 1.42. The molecule has 2 aromatic carbocycles. The van der Waals surface area contributed by atoms with Crippen molar-refractivity contribution in [2.24, 2.45) is 0 Å². The van der Waals surface area contributed by atoms with Crippen LogP contribution in [-0.2, 0) is 4.79 Å². The molecular weight excluding hydrogens is 477 g/mol. The van der Waals surface area contributed by atoms with Crippen LogP contribution >= 0.6 is 11.3 Å². The average molecular weight is 502 g/mol. The number of imide groups is 1. The molecule has 0 saturated carbocycles. The number of aliphatic hydroxyl groups excluding tert-OH is 1. The van der Waals surface area contributed by atoms with Crippen molar-refractivity contribution in [1.82, 2.24) is 10.2 Å². The van der Waals surface area contributed by atoms with Crippen LogP contribution in [0, 0.1) is 5.82 Å². The molecular formula is C24H24FN3O6S. The Morgan fingerprint density at radius 1 is 1.20 bits per heavy atom. The molecule has 0 spiro atoms. The molecule has 0 radical (unpaired) electrons. The van der Waals surface area contributed by atoms with Crippen molar-refractivity contribution in [3.05, 3.63) is 53.2 Å². The fourth-order valence-corrected chi connectivity index (χ4v) is 4.80. The number of nitrogens with one attached hydrogen (secondary N) is 1. The number of halogens is 1. The number of carbonyl (C=O) groups excluding carboxylic acids is 3. The van der Waals surface area contributed by atoms with Gasteiger partial charge in [-0.15, -0.1) is 11.3 Å². The highest BCUT2D eigenvalue weighted by molar-refractivity contribution is 7.17. The lowest BCUT2D eigenvalue weighted by Gasteiger charge is -2.34. The maximum absolute atomic E-state index is 14.1. The standard InChI is InChI=1S/C24H24FN3O6S/c1-33-20-12-15(6-7-19(20)34-11-10-29)23(31)26-13-21(30)28-9-3-8-27(24(28)32)18-14-35-22-16(18)4-2-5-17(22)25/h2,4-7,12,14,29H,3,8-11,13H2,1H3,(H,26,31). The van der Waals surface area contributed by atoms with E-state index in [1.165, 1.54) is 47.6 Å². The highest BCUT2D eigenvalue weighted by Crippen LogP contribution is 2.36. The Bertz CT molecular complexity index is 1260. The molecule has 0 unspecified atom stereocenters. The van der Waals surface area contributed by atoms with Gasteiger partial charge in [0.15, 0.2) is 11.5 Å². The van der Waals surface area contributed by atoms with E-state index in [0.717, 1.165) is 4.90 Å². The Labute approximate surface area is 204 Å². The quantitative estimate of drug-likeness (QED) is 0.491. The lowest BCUT2D eigenvalue weighted by atomic mass is 10.2. The minimum absolute atomic E-state index is 0.0768. The van der Waals surface area contributed by atoms with Gasteiger partial charge in [0.05, 0.1) is 30.6 Å². The number of rotatable bonds is 8. The summed E-state index contributed by atoms with van der Waals surface area (Å²) in [4.78, 5) is 41.1. The highest BCUT2D eigenvalue weighted by atomic mass is 32.1. The molecule has 1 saturated heterocycles. The van der Waals surface area contributed by atoms with Crippen molar-refractivity contribution >= 4 is 45.0 Å². The predicted molar refractivity (Wildman–Crippen MR) is 129 cm³/mol. The maximum atomic E-state index is 14.1. The Morgan fingerprint density at radius 2 is 2.03 bits per heavy atom. The number of aliphatic hydroxyl groups is 1. The Balaban J connectivity index is 1.42. The number of methoxy groups -OCH3 is 1. The Kier molecular flexibility index (Phi) is 7.47. The summed E-state index contributed by atoms with van der Waals surface area (Å²) in [6.07, 6.45) is 0.546. The van der Waals surface area contributed by atoms with Crippen molar-refractivity contribution in [2.75, 3.05) is 44.9 Å². The van der Waals surface area contributed by atoms with E-state index < -0.39 is 17.8 Å². The van der Waals surface area contributed by atoms with Gasteiger partial charge in [-0.25, -0.2) is 9.18 Å². The molecule has 0 atom stereocenters. The summed E-state index contributed by atoms with van der Waals surface area (Å²) < 4.78 is 25.1. The van der Waals surface area contributed by atoms with E-state index >= 15 is 0 Å². The summed E-state index contributed by atoms with van der Waals surface area (Å²) in [5.41, 5.74) is 0.802. The Morgan fingerprint density at radius 3 is 2.80 bits per heavy atom. The number of fused-ring (bicyclic) bond motifs is 1. The number of carbonyl (C=O) groups is 3. The fourth-order valence-electron chi connectivity index (χ4n) is 3.83. The molecule has 1 aliphatic heterocycles. The third kappa shape index (κ3) is 5.05. The van der Waals surface area contributed by atoms with Crippen LogP contribution in [-0.4, -0.2) is 67.8 Å². The van der Waals surface area contributed by atoms with Gasteiger partial charge in [-0.3, -0.25) is 19.4 Å². The topological polar surface area (TPSA) is 108 Å². The van der Waals surface area contributed by atoms with Gasteiger partial charge in [-0.1, -0.05) is 12.1 Å². The molecule has 9 nitrogen and oxygen atoms in total. The third-order valence-corrected chi connectivity index (χ3v) is 6.52. The van der Waals surface area contributed by atoms with Gasteiger partial charge in [0, 0.05) is 29.4 Å². The number of urea groups is 1. The lowest BCUT2D eigenvalue weighted by molar-refractivity contribution is -0.127. The van der Waals surface area contributed by atoms with Gasteiger partial charge in [0.1, 0.15) is 12.4 Å². The summed E-state index contributed by atoms with van der Waals surface area (Å²) in [5, 5.41) is 13.8. The van der Waals surface area contributed by atoms with Gasteiger partial charge in [0.2, 0.25) is 5.91 Å². The summed E-state index contributed by atoms with van der Waals surface area (Å²) in [6, 6.07) is 8.68. The first-order valence-electron chi connectivity index (χ1n) is 10.9. The van der Waals surface area contributed by atoms with Crippen LogP contribution in [0.25, 0.3) is 10.1 Å². The number of amides is 4. The predicted octanol–water partition coefficient (Wildman–Crippen LogP) is 3.01. The van der Waals surface area contributed by atoms with Crippen LogP contribution in [0.3, 0.4) is 0 Å². The SMILES string of the molecule is COc1cc(C(=O)NCC(=O)N2CCCN(c3csc4c(F)cccc34)C2=O)ccc1OCCO. The van der Waals surface area contributed by atoms with E-state index in [-0.39, 0.29) is 37.7 Å². The van der Waals surface area contributed by atoms with Crippen molar-refractivity contribution in [3.63, 3.8) is 0 Å². The Hall–Kier alpha value is -3.70. The minimum Gasteiger partial charge on any atom is -0.493 e. The maximum Gasteiger partial charge on any atom is 0.331 e. The molecule has 1 aromatic heterocycles. The summed E-state index contributed by atoms with van der Waals surface area (Å²) in [5.74, 6) is -0.754. The van der Waals surface area contributed by atoms with E-state index in [1.807, 2.05) is 0 Å². The highest BCUT2D eigenvalue weighted by Gasteiger charge is 2.32. The molecule has 2 N–H and O–H groups in total. The first-order valence-corrected chi connectivity index (χ1v) is 11.8. The van der Waals surface area contributed by atoms with Crippen LogP contribution in [0.5, 0.6) is 11.5 Å². The molecule has 35 heavy (non-hydrogen) atoms. The second-order valence-electron chi connectivity index (χ2n) is 7.69. The molecule has 4 rings (SSSR count). The molecule has 4 amide bonds. The van der Waals surface area contributed by atoms with Crippen LogP contribution in [0.4, 0.5) is 14.9 Å². The minimum atomic E-state index is -0.548. The van der Waals surface area contributed by atoms with Gasteiger partial charge < -0.3 is 19.9 Å². The van der Waals surface area contributed by atoms with Crippen LogP contribution in [0.15, 0.2) is 41.8 Å². The lowest BCUT2D eigenvalue weighted by Crippen LogP contribution is -2.54. The molecule has 2 heterocycles. The van der Waals surface area contributed by atoms with E-state index in [1.54, 1.807) is 17.5 Å². The van der Waals surface area contributed by atoms with E-state index in [4.69, 9.17) is 14.6 Å². The van der Waals surface area contributed by atoms with Crippen LogP contribution in [0.1, 0.15) is 16.8 Å². The molecule has 0 aliphatic carbocycles. The molecule has 1 aliphatic rings. The molecule has 3 aromatic rings. The number of nitrogens with zero attached hydrogens (tertiary/aromatic N) is 2. The van der Waals surface area contributed by atoms with Crippen molar-refractivity contribution in [2.45, 2.75) is 6.42 Å². The molecule has 0 bridgehead atoms. The first kappa shape index (κ1) is 24.4. The zero-order valence-corrected chi connectivity index (χ0v) is 19.8. The zero-order chi connectivity index (χ0) is 24.9. The van der Waals surface area contributed by atoms with Crippen molar-refractivity contribution < 1.29 is 33.4 Å². The van der Waals surface area contributed by atoms with Crippen molar-refractivity contribution in [1.29, 1.82) is 0 Å². The van der Waals surface area contributed by atoms with Crippen molar-refractivity contribution in [3.8, 4) is 11.5 Å². The molecule has 1 fully saturated rings. The fraction of sp³-hybridized carbons (Fsp3) is 0.292. The van der Waals surface area contributed by atoms with E-state index in [2.05, 4.69) is 5.32 Å². The van der Waals surface area contributed by atoms with E-state index in [0.29, 0.717) is 40.2 Å². The average Bonchev–Trinajstić information content (AvgIpc) is 3.31. The van der Waals surface area contributed by atoms with E-state index in [9.17, 15) is 18.8 Å². The normalized spacial score (nSPS) is 13.7. The number of hydrogen-bond acceptors (Lipinski definition) is 7. The monoisotopic (exact) mass is 501 g/mol.